The van der Waals surface area contributed by atoms with Gasteiger partial charge in [0.15, 0.2) is 0 Å². The summed E-state index contributed by atoms with van der Waals surface area (Å²) in [5.74, 6) is 0. The van der Waals surface area contributed by atoms with Crippen LogP contribution in [-0.4, -0.2) is 13.4 Å². The summed E-state index contributed by atoms with van der Waals surface area (Å²) in [5.41, 5.74) is 0.541. The third kappa shape index (κ3) is 2.91. The molecule has 2 aromatic rings. The molecule has 0 saturated heterocycles. The maximum Gasteiger partial charge on any atom is 0.266 e. The van der Waals surface area contributed by atoms with Crippen molar-refractivity contribution in [3.05, 3.63) is 49.5 Å². The molecule has 0 saturated carbocycles. The molecule has 112 valence electrons. The average Bonchev–Trinajstić information content (AvgIpc) is 2.91. The first-order valence-electron chi connectivity index (χ1n) is 6.44. The molecule has 0 spiro atoms. The third-order valence-corrected chi connectivity index (χ3v) is 6.22. The first kappa shape index (κ1) is 14.8. The Morgan fingerprint density at radius 2 is 2.24 bits per heavy atom. The van der Waals surface area contributed by atoms with E-state index < -0.39 is 15.6 Å². The molecular formula is C13H13ClN2O3S2. The zero-order chi connectivity index (χ0) is 15.0. The van der Waals surface area contributed by atoms with Gasteiger partial charge in [0, 0.05) is 17.1 Å². The molecule has 0 aliphatic heterocycles. The van der Waals surface area contributed by atoms with Gasteiger partial charge in [0.05, 0.1) is 4.90 Å². The minimum Gasteiger partial charge on any atom is -0.326 e. The first-order chi connectivity index (χ1) is 9.97. The highest BCUT2D eigenvalue weighted by Gasteiger charge is 2.26. The Hall–Kier alpha value is -1.15. The number of H-pyrrole nitrogens is 1. The zero-order valence-corrected chi connectivity index (χ0v) is 13.3. The fourth-order valence-electron chi connectivity index (χ4n) is 2.46. The number of thiophene rings is 1. The standard InChI is InChI=1S/C13H13ClN2O3S2/c14-10-6-8(7-15-13(10)17)21(18,19)16-11-2-1-3-12-9(11)4-5-20-12/h4-7,11,16H,1-3H2,(H,15,17). The molecule has 8 heteroatoms. The van der Waals surface area contributed by atoms with E-state index in [1.165, 1.54) is 10.9 Å². The lowest BCUT2D eigenvalue weighted by atomic mass is 9.95. The topological polar surface area (TPSA) is 79.0 Å². The monoisotopic (exact) mass is 344 g/mol. The van der Waals surface area contributed by atoms with E-state index in [4.69, 9.17) is 11.6 Å². The number of hydrogen-bond acceptors (Lipinski definition) is 4. The first-order valence-corrected chi connectivity index (χ1v) is 9.18. The Morgan fingerprint density at radius 1 is 1.43 bits per heavy atom. The van der Waals surface area contributed by atoms with Gasteiger partial charge in [-0.25, -0.2) is 13.1 Å². The van der Waals surface area contributed by atoms with Crippen LogP contribution in [0.4, 0.5) is 0 Å². The second kappa shape index (κ2) is 5.57. The van der Waals surface area contributed by atoms with Gasteiger partial charge in [0.2, 0.25) is 10.0 Å². The molecule has 0 aromatic carbocycles. The van der Waals surface area contributed by atoms with Crippen molar-refractivity contribution in [1.29, 1.82) is 0 Å². The minimum absolute atomic E-state index is 0.0329. The largest absolute Gasteiger partial charge is 0.326 e. The molecule has 0 radical (unpaired) electrons. The molecule has 5 nitrogen and oxygen atoms in total. The smallest absolute Gasteiger partial charge is 0.266 e. The summed E-state index contributed by atoms with van der Waals surface area (Å²) in [7, 11) is -3.72. The summed E-state index contributed by atoms with van der Waals surface area (Å²) in [6.07, 6.45) is 3.87. The summed E-state index contributed by atoms with van der Waals surface area (Å²) in [6.45, 7) is 0. The Balaban J connectivity index is 1.91. The fraction of sp³-hybridized carbons (Fsp3) is 0.308. The van der Waals surface area contributed by atoms with Crippen LogP contribution in [0.25, 0.3) is 0 Å². The summed E-state index contributed by atoms with van der Waals surface area (Å²) in [5, 5.41) is 1.84. The second-order valence-electron chi connectivity index (χ2n) is 4.88. The zero-order valence-electron chi connectivity index (χ0n) is 10.9. The molecule has 3 rings (SSSR count). The van der Waals surface area contributed by atoms with Gasteiger partial charge < -0.3 is 4.98 Å². The average molecular weight is 345 g/mol. The van der Waals surface area contributed by atoms with Crippen LogP contribution < -0.4 is 10.3 Å². The molecule has 0 bridgehead atoms. The second-order valence-corrected chi connectivity index (χ2v) is 8.00. The fourth-order valence-corrected chi connectivity index (χ4v) is 4.92. The van der Waals surface area contributed by atoms with Crippen molar-refractivity contribution in [1.82, 2.24) is 9.71 Å². The van der Waals surface area contributed by atoms with Gasteiger partial charge >= 0.3 is 0 Å². The minimum atomic E-state index is -3.72. The molecule has 2 aromatic heterocycles. The molecular weight excluding hydrogens is 332 g/mol. The molecule has 0 amide bonds. The number of pyridine rings is 1. The number of fused-ring (bicyclic) bond motifs is 1. The van der Waals surface area contributed by atoms with Crippen LogP contribution in [0.3, 0.4) is 0 Å². The number of hydrogen-bond donors (Lipinski definition) is 2. The van der Waals surface area contributed by atoms with E-state index in [0.29, 0.717) is 0 Å². The summed E-state index contributed by atoms with van der Waals surface area (Å²) in [6, 6.07) is 2.91. The number of halogens is 1. The van der Waals surface area contributed by atoms with Crippen LogP contribution in [0.1, 0.15) is 29.3 Å². The lowest BCUT2D eigenvalue weighted by Gasteiger charge is -2.23. The summed E-state index contributed by atoms with van der Waals surface area (Å²) < 4.78 is 27.5. The molecule has 2 heterocycles. The van der Waals surface area contributed by atoms with Gasteiger partial charge in [-0.05, 0) is 42.3 Å². The van der Waals surface area contributed by atoms with Gasteiger partial charge in [-0.2, -0.15) is 0 Å². The molecule has 0 fully saturated rings. The number of rotatable bonds is 3. The predicted molar refractivity (Wildman–Crippen MR) is 82.4 cm³/mol. The van der Waals surface area contributed by atoms with Crippen molar-refractivity contribution in [3.8, 4) is 0 Å². The highest BCUT2D eigenvalue weighted by atomic mass is 35.5. The van der Waals surface area contributed by atoms with Crippen molar-refractivity contribution < 1.29 is 8.42 Å². The summed E-state index contributed by atoms with van der Waals surface area (Å²) >= 11 is 7.34. The van der Waals surface area contributed by atoms with Gasteiger partial charge in [-0.3, -0.25) is 4.79 Å². The quantitative estimate of drug-likeness (QED) is 0.897. The normalized spacial score (nSPS) is 18.4. The highest BCUT2D eigenvalue weighted by molar-refractivity contribution is 7.89. The molecule has 21 heavy (non-hydrogen) atoms. The van der Waals surface area contributed by atoms with Crippen molar-refractivity contribution >= 4 is 33.0 Å². The van der Waals surface area contributed by atoms with Crippen LogP contribution in [0, 0.1) is 0 Å². The third-order valence-electron chi connectivity index (χ3n) is 3.49. The van der Waals surface area contributed by atoms with Crippen molar-refractivity contribution in [2.45, 2.75) is 30.2 Å². The Bertz CT molecular complexity index is 826. The van der Waals surface area contributed by atoms with E-state index in [2.05, 4.69) is 9.71 Å². The van der Waals surface area contributed by atoms with Crippen LogP contribution in [-0.2, 0) is 16.4 Å². The van der Waals surface area contributed by atoms with E-state index in [0.717, 1.165) is 31.0 Å². The number of nitrogens with one attached hydrogen (secondary N) is 2. The Morgan fingerprint density at radius 3 is 3.00 bits per heavy atom. The molecule has 1 aliphatic rings. The van der Waals surface area contributed by atoms with Gasteiger partial charge in [-0.1, -0.05) is 11.6 Å². The summed E-state index contributed by atoms with van der Waals surface area (Å²) in [4.78, 5) is 14.7. The van der Waals surface area contributed by atoms with Crippen molar-refractivity contribution in [3.63, 3.8) is 0 Å². The van der Waals surface area contributed by atoms with Crippen molar-refractivity contribution in [2.24, 2.45) is 0 Å². The van der Waals surface area contributed by atoms with E-state index in [9.17, 15) is 13.2 Å². The molecule has 2 N–H and O–H groups in total. The Kier molecular flexibility index (Phi) is 3.92. The van der Waals surface area contributed by atoms with Gasteiger partial charge in [-0.15, -0.1) is 11.3 Å². The molecule has 1 atom stereocenters. The van der Waals surface area contributed by atoms with Crippen LogP contribution >= 0.6 is 22.9 Å². The predicted octanol–water partition coefficient (Wildman–Crippen LogP) is 2.45. The maximum atomic E-state index is 12.4. The number of aromatic nitrogens is 1. The van der Waals surface area contributed by atoms with E-state index in [1.807, 2.05) is 11.4 Å². The SMILES string of the molecule is O=c1[nH]cc(S(=O)(=O)NC2CCCc3sccc32)cc1Cl. The lowest BCUT2D eigenvalue weighted by Crippen LogP contribution is -2.31. The van der Waals surface area contributed by atoms with Gasteiger partial charge in [0.25, 0.3) is 5.56 Å². The number of sulfonamides is 1. The molecule has 1 unspecified atom stereocenters. The maximum absolute atomic E-state index is 12.4. The number of aromatic amines is 1. The van der Waals surface area contributed by atoms with E-state index in [1.54, 1.807) is 11.3 Å². The van der Waals surface area contributed by atoms with Crippen LogP contribution in [0.5, 0.6) is 0 Å². The number of aryl methyl sites for hydroxylation is 1. The van der Waals surface area contributed by atoms with Gasteiger partial charge in [0.1, 0.15) is 5.02 Å². The van der Waals surface area contributed by atoms with Crippen LogP contribution in [0.2, 0.25) is 5.02 Å². The van der Waals surface area contributed by atoms with E-state index >= 15 is 0 Å². The molecule has 1 aliphatic carbocycles. The lowest BCUT2D eigenvalue weighted by molar-refractivity contribution is 0.511. The van der Waals surface area contributed by atoms with Crippen molar-refractivity contribution in [2.75, 3.05) is 0 Å². The highest BCUT2D eigenvalue weighted by Crippen LogP contribution is 2.34. The Labute approximate surface area is 131 Å². The van der Waals surface area contributed by atoms with Crippen LogP contribution in [0.15, 0.2) is 33.4 Å². The van der Waals surface area contributed by atoms with E-state index in [-0.39, 0.29) is 16.0 Å².